The predicted molar refractivity (Wildman–Crippen MR) is 56.5 cm³/mol. The minimum atomic E-state index is -0.501. The van der Waals surface area contributed by atoms with Crippen molar-refractivity contribution < 1.29 is 14.3 Å². The molecule has 88 valence electrons. The van der Waals surface area contributed by atoms with Crippen LogP contribution in [0.1, 0.15) is 13.3 Å². The maximum atomic E-state index is 11.2. The second kappa shape index (κ2) is 6.60. The van der Waals surface area contributed by atoms with Crippen LogP contribution in [0.3, 0.4) is 0 Å². The Morgan fingerprint density at radius 2 is 2.31 bits per heavy atom. The number of hydrogen-bond donors (Lipinski definition) is 1. The molecule has 6 heteroatoms. The van der Waals surface area contributed by atoms with Gasteiger partial charge in [-0.1, -0.05) is 0 Å². The minimum Gasteiger partial charge on any atom is -0.466 e. The summed E-state index contributed by atoms with van der Waals surface area (Å²) in [5.74, 6) is -0.829. The molecule has 1 amide bonds. The molecule has 0 unspecified atom stereocenters. The number of hydrogen-bond acceptors (Lipinski definition) is 4. The van der Waals surface area contributed by atoms with Crippen molar-refractivity contribution in [1.82, 2.24) is 15.1 Å². The zero-order chi connectivity index (χ0) is 11.8. The van der Waals surface area contributed by atoms with Gasteiger partial charge >= 0.3 is 5.97 Å². The Hall–Kier alpha value is -1.85. The van der Waals surface area contributed by atoms with Gasteiger partial charge in [-0.05, 0) is 13.0 Å². The summed E-state index contributed by atoms with van der Waals surface area (Å²) >= 11 is 0. The third-order valence-electron chi connectivity index (χ3n) is 1.83. The highest BCUT2D eigenvalue weighted by atomic mass is 16.5. The van der Waals surface area contributed by atoms with Gasteiger partial charge in [-0.25, -0.2) is 0 Å². The molecule has 1 N–H and O–H groups in total. The first-order chi connectivity index (χ1) is 7.72. The van der Waals surface area contributed by atoms with Gasteiger partial charge in [0.2, 0.25) is 5.91 Å². The Bertz CT molecular complexity index is 335. The van der Waals surface area contributed by atoms with Crippen LogP contribution in [0.4, 0.5) is 0 Å². The van der Waals surface area contributed by atoms with Crippen LogP contribution in [0.25, 0.3) is 0 Å². The molecular formula is C10H15N3O3. The molecule has 0 aliphatic heterocycles. The summed E-state index contributed by atoms with van der Waals surface area (Å²) in [4.78, 5) is 22.2. The average molecular weight is 225 g/mol. The zero-order valence-electron chi connectivity index (χ0n) is 9.18. The highest BCUT2D eigenvalue weighted by Gasteiger charge is 2.08. The second-order valence-corrected chi connectivity index (χ2v) is 3.10. The van der Waals surface area contributed by atoms with Crippen molar-refractivity contribution in [2.45, 2.75) is 19.9 Å². The molecule has 0 radical (unpaired) electrons. The highest BCUT2D eigenvalue weighted by Crippen LogP contribution is 1.87. The van der Waals surface area contributed by atoms with Crippen LogP contribution in [0.2, 0.25) is 0 Å². The van der Waals surface area contributed by atoms with E-state index >= 15 is 0 Å². The maximum Gasteiger partial charge on any atom is 0.315 e. The number of rotatable bonds is 6. The Morgan fingerprint density at radius 1 is 1.50 bits per heavy atom. The third kappa shape index (κ3) is 4.59. The van der Waals surface area contributed by atoms with E-state index in [1.807, 2.05) is 0 Å². The molecule has 0 saturated carbocycles. The standard InChI is InChI=1S/C10H15N3O3/c1-2-16-10(15)8-9(14)11-5-7-13-6-3-4-12-13/h3-4,6H,2,5,7-8H2,1H3,(H,11,14). The number of carbonyl (C=O) groups is 2. The van der Waals surface area contributed by atoms with Gasteiger partial charge in [0.25, 0.3) is 0 Å². The Kier molecular flexibility index (Phi) is 5.04. The Balaban J connectivity index is 2.13. The van der Waals surface area contributed by atoms with Crippen molar-refractivity contribution in [1.29, 1.82) is 0 Å². The van der Waals surface area contributed by atoms with E-state index in [9.17, 15) is 9.59 Å². The van der Waals surface area contributed by atoms with Crippen molar-refractivity contribution in [3.8, 4) is 0 Å². The van der Waals surface area contributed by atoms with Crippen LogP contribution >= 0.6 is 0 Å². The summed E-state index contributed by atoms with van der Waals surface area (Å²) in [6.07, 6.45) is 3.24. The van der Waals surface area contributed by atoms with Crippen LogP contribution in [0, 0.1) is 0 Å². The lowest BCUT2D eigenvalue weighted by Crippen LogP contribution is -2.29. The van der Waals surface area contributed by atoms with E-state index < -0.39 is 5.97 Å². The zero-order valence-corrected chi connectivity index (χ0v) is 9.18. The highest BCUT2D eigenvalue weighted by molar-refractivity contribution is 5.94. The van der Waals surface area contributed by atoms with E-state index in [0.717, 1.165) is 0 Å². The first-order valence-electron chi connectivity index (χ1n) is 5.12. The number of carbonyl (C=O) groups excluding carboxylic acids is 2. The van der Waals surface area contributed by atoms with Crippen molar-refractivity contribution in [2.24, 2.45) is 0 Å². The largest absolute Gasteiger partial charge is 0.466 e. The first kappa shape index (κ1) is 12.2. The fourth-order valence-corrected chi connectivity index (χ4v) is 1.15. The molecule has 0 atom stereocenters. The first-order valence-corrected chi connectivity index (χ1v) is 5.12. The molecule has 0 spiro atoms. The minimum absolute atomic E-state index is 0.229. The van der Waals surface area contributed by atoms with E-state index in [1.54, 1.807) is 30.1 Å². The Morgan fingerprint density at radius 3 is 2.94 bits per heavy atom. The van der Waals surface area contributed by atoms with Gasteiger partial charge in [0.1, 0.15) is 6.42 Å². The van der Waals surface area contributed by atoms with Gasteiger partial charge in [-0.15, -0.1) is 0 Å². The van der Waals surface area contributed by atoms with Crippen LogP contribution in [0.5, 0.6) is 0 Å². The topological polar surface area (TPSA) is 73.2 Å². The van der Waals surface area contributed by atoms with Gasteiger partial charge < -0.3 is 10.1 Å². The van der Waals surface area contributed by atoms with Gasteiger partial charge in [0.15, 0.2) is 0 Å². The lowest BCUT2D eigenvalue weighted by molar-refractivity contribution is -0.145. The summed E-state index contributed by atoms with van der Waals surface area (Å²) in [7, 11) is 0. The van der Waals surface area contributed by atoms with Crippen LogP contribution in [0.15, 0.2) is 18.5 Å². The molecule has 0 fully saturated rings. The normalized spacial score (nSPS) is 9.81. The van der Waals surface area contributed by atoms with Gasteiger partial charge in [-0.2, -0.15) is 5.10 Å². The lowest BCUT2D eigenvalue weighted by Gasteiger charge is -2.05. The fraction of sp³-hybridized carbons (Fsp3) is 0.500. The van der Waals surface area contributed by atoms with E-state index in [0.29, 0.717) is 19.7 Å². The van der Waals surface area contributed by atoms with E-state index in [1.165, 1.54) is 0 Å². The quantitative estimate of drug-likeness (QED) is 0.544. The van der Waals surface area contributed by atoms with Gasteiger partial charge in [-0.3, -0.25) is 14.3 Å². The molecule has 6 nitrogen and oxygen atoms in total. The maximum absolute atomic E-state index is 11.2. The van der Waals surface area contributed by atoms with Crippen molar-refractivity contribution >= 4 is 11.9 Å². The number of ether oxygens (including phenoxy) is 1. The molecule has 0 aliphatic carbocycles. The van der Waals surface area contributed by atoms with Crippen LogP contribution in [-0.4, -0.2) is 34.8 Å². The number of amides is 1. The van der Waals surface area contributed by atoms with E-state index in [2.05, 4.69) is 15.2 Å². The van der Waals surface area contributed by atoms with Crippen LogP contribution in [-0.2, 0) is 20.9 Å². The second-order valence-electron chi connectivity index (χ2n) is 3.10. The molecule has 1 aromatic rings. The van der Waals surface area contributed by atoms with Gasteiger partial charge in [0.05, 0.1) is 13.2 Å². The SMILES string of the molecule is CCOC(=O)CC(=O)NCCn1cccn1. The monoisotopic (exact) mass is 225 g/mol. The molecule has 1 heterocycles. The molecule has 0 bridgehead atoms. The van der Waals surface area contributed by atoms with Gasteiger partial charge in [0, 0.05) is 18.9 Å². The van der Waals surface area contributed by atoms with E-state index in [4.69, 9.17) is 0 Å². The van der Waals surface area contributed by atoms with Crippen LogP contribution < -0.4 is 5.32 Å². The summed E-state index contributed by atoms with van der Waals surface area (Å²) in [5, 5.41) is 6.59. The van der Waals surface area contributed by atoms with E-state index in [-0.39, 0.29) is 12.3 Å². The number of esters is 1. The van der Waals surface area contributed by atoms with Crippen molar-refractivity contribution in [3.05, 3.63) is 18.5 Å². The lowest BCUT2D eigenvalue weighted by atomic mass is 10.4. The third-order valence-corrected chi connectivity index (χ3v) is 1.83. The molecule has 0 saturated heterocycles. The summed E-state index contributed by atoms with van der Waals surface area (Å²) in [5.41, 5.74) is 0. The van der Waals surface area contributed by atoms with Crippen molar-refractivity contribution in [2.75, 3.05) is 13.2 Å². The smallest absolute Gasteiger partial charge is 0.315 e. The average Bonchev–Trinajstić information content (AvgIpc) is 2.70. The molecule has 0 aromatic carbocycles. The summed E-state index contributed by atoms with van der Waals surface area (Å²) in [6.45, 7) is 3.02. The number of nitrogens with one attached hydrogen (secondary N) is 1. The molecule has 1 rings (SSSR count). The summed E-state index contributed by atoms with van der Waals surface area (Å²) < 4.78 is 6.35. The predicted octanol–water partition coefficient (Wildman–Crippen LogP) is -0.0475. The van der Waals surface area contributed by atoms with Crippen molar-refractivity contribution in [3.63, 3.8) is 0 Å². The molecule has 0 aliphatic rings. The fourth-order valence-electron chi connectivity index (χ4n) is 1.15. The molecular weight excluding hydrogens is 210 g/mol. The molecule has 1 aromatic heterocycles. The summed E-state index contributed by atoms with van der Waals surface area (Å²) in [6, 6.07) is 1.81. The number of nitrogens with zero attached hydrogens (tertiary/aromatic N) is 2. The molecule has 16 heavy (non-hydrogen) atoms. The number of aromatic nitrogens is 2. The Labute approximate surface area is 93.6 Å².